The quantitative estimate of drug-likeness (QED) is 0.154. The van der Waals surface area contributed by atoms with E-state index in [-0.39, 0.29) is 38.3 Å². The van der Waals surface area contributed by atoms with Gasteiger partial charge in [-0.1, -0.05) is 13.8 Å². The molecule has 13 nitrogen and oxygen atoms in total. The summed E-state index contributed by atoms with van der Waals surface area (Å²) in [6.45, 7) is 2.02. The summed E-state index contributed by atoms with van der Waals surface area (Å²) in [6, 6.07) is -1.13. The smallest absolute Gasteiger partial charge is 0.472 e. The second-order valence-electron chi connectivity index (χ2n) is 6.22. The number of aromatic nitrogens is 2. The molecule has 1 rings (SSSR count). The number of carboxylic acid groups (broad SMARTS) is 1. The summed E-state index contributed by atoms with van der Waals surface area (Å²) in [5, 5.41) is 11.8. The molecular formula is C17H28N3O10P. The molecular weight excluding hydrogens is 437 g/mol. The van der Waals surface area contributed by atoms with E-state index in [0.717, 1.165) is 0 Å². The largest absolute Gasteiger partial charge is 0.480 e. The van der Waals surface area contributed by atoms with E-state index in [1.54, 1.807) is 13.8 Å². The number of aromatic amines is 1. The fraction of sp³-hybridized carbons (Fsp3) is 0.647. The van der Waals surface area contributed by atoms with Crippen molar-refractivity contribution in [3.05, 3.63) is 18.2 Å². The van der Waals surface area contributed by atoms with Gasteiger partial charge in [-0.2, -0.15) is 0 Å². The minimum absolute atomic E-state index is 0.0965. The Labute approximate surface area is 179 Å². The number of phosphoric ester groups is 1. The molecule has 0 aliphatic heterocycles. The maximum absolute atomic E-state index is 12.0. The Morgan fingerprint density at radius 2 is 1.97 bits per heavy atom. The van der Waals surface area contributed by atoms with Crippen LogP contribution < -0.4 is 5.32 Å². The topological polar surface area (TPSA) is 186 Å². The van der Waals surface area contributed by atoms with E-state index in [1.165, 1.54) is 12.5 Å². The third-order valence-corrected chi connectivity index (χ3v) is 4.65. The first-order chi connectivity index (χ1) is 14.7. The Hall–Kier alpha value is -2.31. The van der Waals surface area contributed by atoms with Crippen molar-refractivity contribution >= 4 is 25.7 Å². The number of carbonyl (C=O) groups is 3. The van der Waals surface area contributed by atoms with Gasteiger partial charge < -0.3 is 24.5 Å². The molecule has 1 aromatic rings. The number of carbonyl (C=O) groups excluding carboxylic acids is 2. The lowest BCUT2D eigenvalue weighted by molar-refractivity contribution is -0.161. The highest BCUT2D eigenvalue weighted by Crippen LogP contribution is 2.43. The zero-order valence-corrected chi connectivity index (χ0v) is 18.2. The van der Waals surface area contributed by atoms with Crippen LogP contribution in [0.4, 0.5) is 0 Å². The number of aliphatic carboxylic acids is 1. The molecule has 0 saturated carbocycles. The number of esters is 2. The van der Waals surface area contributed by atoms with Crippen molar-refractivity contribution in [2.24, 2.45) is 0 Å². The number of ether oxygens (including phenoxy) is 2. The summed E-state index contributed by atoms with van der Waals surface area (Å²) < 4.78 is 31.6. The SMILES string of the molecule is CCCC(=O)OC(COC(=O)CC)COP(=O)(O)OCCNC(C(=O)O)c1c[nH]cn1. The average molecular weight is 465 g/mol. The van der Waals surface area contributed by atoms with Crippen LogP contribution >= 0.6 is 7.82 Å². The van der Waals surface area contributed by atoms with Gasteiger partial charge in [0.15, 0.2) is 6.10 Å². The first-order valence-electron chi connectivity index (χ1n) is 9.60. The van der Waals surface area contributed by atoms with Gasteiger partial charge in [0, 0.05) is 25.6 Å². The summed E-state index contributed by atoms with van der Waals surface area (Å²) in [5.41, 5.74) is 0.231. The molecule has 0 aromatic carbocycles. The molecule has 3 atom stereocenters. The number of hydrogen-bond donors (Lipinski definition) is 4. The van der Waals surface area contributed by atoms with Crippen LogP contribution in [0.25, 0.3) is 0 Å². The molecule has 0 aliphatic rings. The third-order valence-electron chi connectivity index (χ3n) is 3.66. The highest BCUT2D eigenvalue weighted by atomic mass is 31.2. The predicted octanol–water partition coefficient (Wildman–Crippen LogP) is 0.924. The average Bonchev–Trinajstić information content (AvgIpc) is 3.23. The number of phosphoric acid groups is 1. The van der Waals surface area contributed by atoms with Crippen LogP contribution in [0.5, 0.6) is 0 Å². The van der Waals surface area contributed by atoms with Crippen molar-refractivity contribution in [3.63, 3.8) is 0 Å². The zero-order valence-electron chi connectivity index (χ0n) is 17.3. The number of nitrogens with zero attached hydrogens (tertiary/aromatic N) is 1. The third kappa shape index (κ3) is 11.0. The molecule has 3 unspecified atom stereocenters. The number of H-pyrrole nitrogens is 1. The number of carboxylic acids is 1. The van der Waals surface area contributed by atoms with E-state index in [0.29, 0.717) is 6.42 Å². The van der Waals surface area contributed by atoms with Gasteiger partial charge in [0.2, 0.25) is 0 Å². The molecule has 1 heterocycles. The normalized spacial score (nSPS) is 14.9. The van der Waals surface area contributed by atoms with E-state index in [9.17, 15) is 28.9 Å². The van der Waals surface area contributed by atoms with Gasteiger partial charge >= 0.3 is 25.7 Å². The van der Waals surface area contributed by atoms with Crippen LogP contribution in [-0.2, 0) is 37.5 Å². The van der Waals surface area contributed by atoms with E-state index >= 15 is 0 Å². The highest BCUT2D eigenvalue weighted by Gasteiger charge is 2.26. The Morgan fingerprint density at radius 1 is 1.23 bits per heavy atom. The number of rotatable bonds is 16. The van der Waals surface area contributed by atoms with E-state index in [1.807, 2.05) is 0 Å². The van der Waals surface area contributed by atoms with Gasteiger partial charge in [-0.3, -0.25) is 28.7 Å². The lowest BCUT2D eigenvalue weighted by atomic mass is 10.2. The second kappa shape index (κ2) is 13.9. The fourth-order valence-electron chi connectivity index (χ4n) is 2.18. The summed E-state index contributed by atoms with van der Waals surface area (Å²) in [5.74, 6) is -2.29. The monoisotopic (exact) mass is 465 g/mol. The molecule has 0 fully saturated rings. The van der Waals surface area contributed by atoms with Crippen LogP contribution in [0.1, 0.15) is 44.8 Å². The highest BCUT2D eigenvalue weighted by molar-refractivity contribution is 7.47. The Kier molecular flexibility index (Phi) is 12.0. The molecule has 14 heteroatoms. The summed E-state index contributed by atoms with van der Waals surface area (Å²) in [4.78, 5) is 50.5. The van der Waals surface area contributed by atoms with E-state index < -0.39 is 44.5 Å². The molecule has 0 saturated heterocycles. The van der Waals surface area contributed by atoms with Crippen molar-refractivity contribution in [3.8, 4) is 0 Å². The molecule has 0 radical (unpaired) electrons. The lowest BCUT2D eigenvalue weighted by Crippen LogP contribution is -2.31. The van der Waals surface area contributed by atoms with E-state index in [2.05, 4.69) is 15.3 Å². The van der Waals surface area contributed by atoms with Gasteiger partial charge in [-0.05, 0) is 6.42 Å². The lowest BCUT2D eigenvalue weighted by Gasteiger charge is -2.20. The van der Waals surface area contributed by atoms with E-state index in [4.69, 9.17) is 18.5 Å². The van der Waals surface area contributed by atoms with Gasteiger partial charge in [0.05, 0.1) is 25.2 Å². The van der Waals surface area contributed by atoms with Crippen LogP contribution in [0.15, 0.2) is 12.5 Å². The summed E-state index contributed by atoms with van der Waals surface area (Å²) in [7, 11) is -4.54. The van der Waals surface area contributed by atoms with Crippen LogP contribution in [-0.4, -0.2) is 70.3 Å². The Balaban J connectivity index is 2.49. The molecule has 176 valence electrons. The maximum atomic E-state index is 12.0. The van der Waals surface area contributed by atoms with Gasteiger partial charge in [0.25, 0.3) is 0 Å². The number of hydrogen-bond acceptors (Lipinski definition) is 10. The summed E-state index contributed by atoms with van der Waals surface area (Å²) in [6.07, 6.45) is 2.40. The fourth-order valence-corrected chi connectivity index (χ4v) is 2.93. The molecule has 31 heavy (non-hydrogen) atoms. The predicted molar refractivity (Wildman–Crippen MR) is 105 cm³/mol. The Morgan fingerprint density at radius 3 is 2.55 bits per heavy atom. The van der Waals surface area contributed by atoms with Crippen molar-refractivity contribution in [2.75, 3.05) is 26.4 Å². The first-order valence-corrected chi connectivity index (χ1v) is 11.1. The second-order valence-corrected chi connectivity index (χ2v) is 7.67. The minimum Gasteiger partial charge on any atom is -0.480 e. The van der Waals surface area contributed by atoms with Crippen LogP contribution in [0.2, 0.25) is 0 Å². The molecule has 1 aromatic heterocycles. The molecule has 0 bridgehead atoms. The van der Waals surface area contributed by atoms with Gasteiger partial charge in [-0.15, -0.1) is 0 Å². The molecule has 4 N–H and O–H groups in total. The zero-order chi connectivity index (χ0) is 23.3. The maximum Gasteiger partial charge on any atom is 0.472 e. The van der Waals surface area contributed by atoms with Gasteiger partial charge in [0.1, 0.15) is 12.6 Å². The number of nitrogens with one attached hydrogen (secondary N) is 2. The Bertz CT molecular complexity index is 743. The standard InChI is InChI=1S/C17H28N3O10P/c1-3-5-15(22)30-12(9-27-14(21)4-2)10-29-31(25,26)28-7-6-19-16(17(23)24)13-8-18-11-20-13/h8,11-12,16,19H,3-7,9-10H2,1-2H3,(H,18,20)(H,23,24)(H,25,26). The van der Waals surface area contributed by atoms with Crippen molar-refractivity contribution < 1.29 is 47.5 Å². The number of imidazole rings is 1. The van der Waals surface area contributed by atoms with Crippen molar-refractivity contribution in [1.29, 1.82) is 0 Å². The van der Waals surface area contributed by atoms with Crippen molar-refractivity contribution in [2.45, 2.75) is 45.3 Å². The van der Waals surface area contributed by atoms with Crippen LogP contribution in [0, 0.1) is 0 Å². The molecule has 0 spiro atoms. The molecule has 0 aliphatic carbocycles. The van der Waals surface area contributed by atoms with Crippen molar-refractivity contribution in [1.82, 2.24) is 15.3 Å². The molecule has 0 amide bonds. The summed E-state index contributed by atoms with van der Waals surface area (Å²) >= 11 is 0. The van der Waals surface area contributed by atoms with Crippen LogP contribution in [0.3, 0.4) is 0 Å². The minimum atomic E-state index is -4.54. The first kappa shape index (κ1) is 26.7. The van der Waals surface area contributed by atoms with Gasteiger partial charge in [-0.25, -0.2) is 9.55 Å².